The van der Waals surface area contributed by atoms with Crippen molar-refractivity contribution in [2.45, 2.75) is 63.9 Å². The number of amides is 1. The molecule has 12 heteroatoms. The van der Waals surface area contributed by atoms with Crippen LogP contribution in [0.2, 0.25) is 0 Å². The summed E-state index contributed by atoms with van der Waals surface area (Å²) in [6.45, 7) is 7.42. The first-order chi connectivity index (χ1) is 19.1. The third-order valence-corrected chi connectivity index (χ3v) is 7.78. The number of halogens is 7. The minimum atomic E-state index is -5.00. The number of carbonyl (C=O) groups is 1. The second-order valence-electron chi connectivity index (χ2n) is 10.9. The van der Waals surface area contributed by atoms with Crippen molar-refractivity contribution in [1.82, 2.24) is 9.80 Å². The first-order valence-corrected chi connectivity index (χ1v) is 13.5. The Morgan fingerprint density at radius 2 is 1.56 bits per heavy atom. The molecule has 2 aliphatic heterocycles. The summed E-state index contributed by atoms with van der Waals surface area (Å²) in [7, 11) is 0. The lowest BCUT2D eigenvalue weighted by atomic mass is 9.81. The maximum absolute atomic E-state index is 13.8. The van der Waals surface area contributed by atoms with Crippen LogP contribution in [0.3, 0.4) is 0 Å². The second kappa shape index (κ2) is 12.3. The zero-order valence-electron chi connectivity index (χ0n) is 22.9. The van der Waals surface area contributed by atoms with Crippen LogP contribution in [-0.2, 0) is 26.6 Å². The van der Waals surface area contributed by atoms with Gasteiger partial charge < -0.3 is 14.4 Å². The van der Waals surface area contributed by atoms with Crippen LogP contribution in [0.4, 0.5) is 30.7 Å². The zero-order valence-corrected chi connectivity index (χ0v) is 22.9. The van der Waals surface area contributed by atoms with Crippen LogP contribution in [-0.4, -0.2) is 60.8 Å². The van der Waals surface area contributed by atoms with Crippen LogP contribution in [0.1, 0.15) is 61.5 Å². The van der Waals surface area contributed by atoms with Gasteiger partial charge in [0.25, 0.3) is 0 Å². The van der Waals surface area contributed by atoms with Gasteiger partial charge in [-0.15, -0.1) is 0 Å². The van der Waals surface area contributed by atoms with Crippen LogP contribution in [0.5, 0.6) is 0 Å². The van der Waals surface area contributed by atoms with Gasteiger partial charge in [0.2, 0.25) is 5.91 Å². The van der Waals surface area contributed by atoms with E-state index in [2.05, 4.69) is 4.90 Å². The molecule has 0 spiro atoms. The first kappa shape index (κ1) is 31.2. The highest BCUT2D eigenvalue weighted by atomic mass is 19.4. The number of carbonyl (C=O) groups excluding carboxylic acids is 1. The smallest absolute Gasteiger partial charge is 0.352 e. The van der Waals surface area contributed by atoms with Gasteiger partial charge in [0.15, 0.2) is 6.29 Å². The quantitative estimate of drug-likeness (QED) is 0.339. The molecule has 2 aromatic rings. The lowest BCUT2D eigenvalue weighted by Gasteiger charge is -2.43. The molecule has 0 radical (unpaired) electrons. The molecule has 226 valence electrons. The molecule has 0 N–H and O–H groups in total. The van der Waals surface area contributed by atoms with Crippen molar-refractivity contribution in [3.8, 4) is 0 Å². The highest BCUT2D eigenvalue weighted by molar-refractivity contribution is 5.79. The molecular weight excluding hydrogens is 557 g/mol. The van der Waals surface area contributed by atoms with Crippen molar-refractivity contribution in [1.29, 1.82) is 0 Å². The fourth-order valence-electron chi connectivity index (χ4n) is 5.42. The summed E-state index contributed by atoms with van der Waals surface area (Å²) in [5.74, 6) is -1.29. The maximum Gasteiger partial charge on any atom is 0.416 e. The molecule has 2 fully saturated rings. The molecule has 41 heavy (non-hydrogen) atoms. The Balaban J connectivity index is 1.61. The Kier molecular flexibility index (Phi) is 9.35. The molecule has 1 amide bonds. The van der Waals surface area contributed by atoms with Crippen molar-refractivity contribution in [3.05, 3.63) is 70.5 Å². The third-order valence-electron chi connectivity index (χ3n) is 7.78. The number of rotatable bonds is 7. The molecule has 0 bridgehead atoms. The highest BCUT2D eigenvalue weighted by Crippen LogP contribution is 2.42. The highest BCUT2D eigenvalue weighted by Gasteiger charge is 2.41. The Labute approximate surface area is 234 Å². The van der Waals surface area contributed by atoms with E-state index in [1.54, 1.807) is 17.0 Å². The van der Waals surface area contributed by atoms with Gasteiger partial charge in [-0.05, 0) is 74.6 Å². The van der Waals surface area contributed by atoms with Gasteiger partial charge in [0.05, 0.1) is 30.4 Å². The molecule has 2 heterocycles. The molecule has 4 atom stereocenters. The molecular formula is C29H33F7N2O3. The van der Waals surface area contributed by atoms with Gasteiger partial charge in [-0.2, -0.15) is 26.3 Å². The fourth-order valence-corrected chi connectivity index (χ4v) is 5.42. The predicted octanol–water partition coefficient (Wildman–Crippen LogP) is 6.64. The van der Waals surface area contributed by atoms with Gasteiger partial charge in [-0.1, -0.05) is 12.1 Å². The second-order valence-corrected chi connectivity index (χ2v) is 10.9. The van der Waals surface area contributed by atoms with E-state index in [4.69, 9.17) is 9.47 Å². The van der Waals surface area contributed by atoms with Gasteiger partial charge in [0, 0.05) is 31.6 Å². The van der Waals surface area contributed by atoms with Crippen molar-refractivity contribution in [2.75, 3.05) is 32.8 Å². The lowest BCUT2D eigenvalue weighted by Crippen LogP contribution is -2.54. The Morgan fingerprint density at radius 1 is 0.951 bits per heavy atom. The normalized spacial score (nSPS) is 23.7. The molecule has 2 aromatic carbocycles. The summed E-state index contributed by atoms with van der Waals surface area (Å²) in [4.78, 5) is 16.8. The summed E-state index contributed by atoms with van der Waals surface area (Å²) in [5, 5.41) is 0. The van der Waals surface area contributed by atoms with Gasteiger partial charge in [0.1, 0.15) is 5.82 Å². The summed E-state index contributed by atoms with van der Waals surface area (Å²) in [6.07, 6.45) is -11.7. The van der Waals surface area contributed by atoms with Crippen molar-refractivity contribution >= 4 is 5.91 Å². The lowest BCUT2D eigenvalue weighted by molar-refractivity contribution is -0.211. The number of benzene rings is 2. The van der Waals surface area contributed by atoms with E-state index in [1.165, 1.54) is 19.1 Å². The van der Waals surface area contributed by atoms with E-state index in [0.717, 1.165) is 0 Å². The van der Waals surface area contributed by atoms with Crippen LogP contribution >= 0.6 is 0 Å². The van der Waals surface area contributed by atoms with Crippen molar-refractivity contribution < 1.29 is 45.0 Å². The molecule has 5 nitrogen and oxygen atoms in total. The zero-order chi connectivity index (χ0) is 30.1. The maximum atomic E-state index is 13.8. The van der Waals surface area contributed by atoms with E-state index in [9.17, 15) is 35.5 Å². The SMILES string of the molecule is CC(OC1OCCC(CN2CCN(C(C)C)CC2=O)C1c1ccc(F)cc1)c1cc(C(F)(F)F)cc(C(F)(F)F)c1. The number of hydrogen-bond acceptors (Lipinski definition) is 4. The Hall–Kier alpha value is -2.70. The monoisotopic (exact) mass is 590 g/mol. The molecule has 0 aliphatic carbocycles. The molecule has 0 aromatic heterocycles. The molecule has 4 unspecified atom stereocenters. The topological polar surface area (TPSA) is 42.0 Å². The summed E-state index contributed by atoms with van der Waals surface area (Å²) >= 11 is 0. The van der Waals surface area contributed by atoms with Crippen molar-refractivity contribution in [3.63, 3.8) is 0 Å². The van der Waals surface area contributed by atoms with Crippen molar-refractivity contribution in [2.24, 2.45) is 5.92 Å². The van der Waals surface area contributed by atoms with Crippen LogP contribution in [0, 0.1) is 11.7 Å². The number of hydrogen-bond donors (Lipinski definition) is 0. The Morgan fingerprint density at radius 3 is 2.10 bits per heavy atom. The van der Waals surface area contributed by atoms with E-state index in [1.807, 2.05) is 13.8 Å². The minimum absolute atomic E-state index is 0.0382. The van der Waals surface area contributed by atoms with E-state index < -0.39 is 47.6 Å². The summed E-state index contributed by atoms with van der Waals surface area (Å²) in [6, 6.07) is 7.18. The Bertz CT molecular complexity index is 1170. The summed E-state index contributed by atoms with van der Waals surface area (Å²) < 4.78 is 106. The fraction of sp³-hybridized carbons (Fsp3) is 0.552. The van der Waals surface area contributed by atoms with E-state index in [-0.39, 0.29) is 42.6 Å². The van der Waals surface area contributed by atoms with E-state index >= 15 is 0 Å². The van der Waals surface area contributed by atoms with Crippen LogP contribution in [0.25, 0.3) is 0 Å². The van der Waals surface area contributed by atoms with E-state index in [0.29, 0.717) is 43.8 Å². The molecule has 4 rings (SSSR count). The molecule has 0 saturated carbocycles. The van der Waals surface area contributed by atoms with Gasteiger partial charge in [-0.25, -0.2) is 4.39 Å². The molecule has 2 saturated heterocycles. The number of piperazine rings is 1. The number of ether oxygens (including phenoxy) is 2. The minimum Gasteiger partial charge on any atom is -0.352 e. The largest absolute Gasteiger partial charge is 0.416 e. The third kappa shape index (κ3) is 7.58. The summed E-state index contributed by atoms with van der Waals surface area (Å²) in [5.41, 5.74) is -2.55. The number of alkyl halides is 6. The number of nitrogens with zero attached hydrogens (tertiary/aromatic N) is 2. The first-order valence-electron chi connectivity index (χ1n) is 13.5. The predicted molar refractivity (Wildman–Crippen MR) is 136 cm³/mol. The average molecular weight is 591 g/mol. The van der Waals surface area contributed by atoms with Gasteiger partial charge >= 0.3 is 12.4 Å². The van der Waals surface area contributed by atoms with Gasteiger partial charge in [-0.3, -0.25) is 9.69 Å². The molecule has 2 aliphatic rings. The van der Waals surface area contributed by atoms with Crippen LogP contribution < -0.4 is 0 Å². The standard InChI is InChI=1S/C29H33F7N2O3/c1-17(2)37-9-10-38(25(39)16-37)15-20-8-11-40-27(26(20)19-4-6-24(30)7-5-19)41-18(3)21-12-22(28(31,32)33)14-23(13-21)29(34,35)36/h4-7,12-14,17-18,20,26-27H,8-11,15-16H2,1-3H3. The average Bonchev–Trinajstić information content (AvgIpc) is 2.89. The van der Waals surface area contributed by atoms with Crippen LogP contribution in [0.15, 0.2) is 42.5 Å².